The van der Waals surface area contributed by atoms with Crippen LogP contribution in [0.15, 0.2) is 37.1 Å². The predicted octanol–water partition coefficient (Wildman–Crippen LogP) is -1.07. The van der Waals surface area contributed by atoms with Gasteiger partial charge in [-0.15, -0.1) is 6.58 Å². The summed E-state index contributed by atoms with van der Waals surface area (Å²) in [6, 6.07) is 5.88. The average Bonchev–Trinajstić information content (AvgIpc) is 1.91. The maximum atomic E-state index is 4.10. The van der Waals surface area contributed by atoms with E-state index in [1.807, 2.05) is 24.3 Å². The van der Waals surface area contributed by atoms with Crippen molar-refractivity contribution in [3.8, 4) is 0 Å². The molecule has 48 valence electrons. The Bertz CT molecular complexity index is 189. The summed E-state index contributed by atoms with van der Waals surface area (Å²) in [6.45, 7) is 3.62. The molecule has 2 heteroatoms. The molecular formula is C8H10NNa. The molecule has 0 saturated heterocycles. The molecule has 0 aliphatic heterocycles. The normalized spacial score (nSPS) is 8.00. The molecule has 1 aromatic rings. The maximum absolute atomic E-state index is 4.10. The van der Waals surface area contributed by atoms with E-state index in [-0.39, 0.29) is 31.0 Å². The number of allylic oxidation sites excluding steroid dienone is 1. The first-order valence-electron chi connectivity index (χ1n) is 2.94. The largest absolute Gasteiger partial charge is 1.00 e. The molecule has 0 aromatic carbocycles. The van der Waals surface area contributed by atoms with E-state index in [0.717, 1.165) is 12.1 Å². The minimum Gasteiger partial charge on any atom is -1.00 e. The predicted molar refractivity (Wildman–Crippen MR) is 39.3 cm³/mol. The van der Waals surface area contributed by atoms with E-state index < -0.39 is 0 Å². The van der Waals surface area contributed by atoms with Crippen LogP contribution in [0.3, 0.4) is 0 Å². The molecule has 1 aromatic heterocycles. The zero-order valence-corrected chi connectivity index (χ0v) is 8.25. The Hall–Kier alpha value is -0.110. The van der Waals surface area contributed by atoms with Crippen molar-refractivity contribution < 1.29 is 31.0 Å². The van der Waals surface area contributed by atoms with Crippen LogP contribution in [-0.4, -0.2) is 4.98 Å². The fourth-order valence-corrected chi connectivity index (χ4v) is 0.667. The number of hydrogen-bond acceptors (Lipinski definition) is 1. The van der Waals surface area contributed by atoms with Gasteiger partial charge in [-0.05, 0) is 12.1 Å². The van der Waals surface area contributed by atoms with E-state index in [2.05, 4.69) is 11.6 Å². The summed E-state index contributed by atoms with van der Waals surface area (Å²) in [5.41, 5.74) is 1.08. The summed E-state index contributed by atoms with van der Waals surface area (Å²) in [4.78, 5) is 4.10. The Labute approximate surface area is 85.0 Å². The van der Waals surface area contributed by atoms with Gasteiger partial charge in [0, 0.05) is 18.3 Å². The quantitative estimate of drug-likeness (QED) is 0.379. The Morgan fingerprint density at radius 3 is 2.90 bits per heavy atom. The Morgan fingerprint density at radius 1 is 1.60 bits per heavy atom. The number of nitrogens with zero attached hydrogens (tertiary/aromatic N) is 1. The van der Waals surface area contributed by atoms with Crippen molar-refractivity contribution in [3.05, 3.63) is 42.7 Å². The molecule has 0 N–H and O–H groups in total. The van der Waals surface area contributed by atoms with Crippen LogP contribution in [-0.2, 0) is 6.42 Å². The molecule has 10 heavy (non-hydrogen) atoms. The van der Waals surface area contributed by atoms with Crippen molar-refractivity contribution in [2.75, 3.05) is 0 Å². The Balaban J connectivity index is 0. The molecule has 0 aliphatic rings. The molecule has 0 saturated carbocycles. The third-order valence-corrected chi connectivity index (χ3v) is 1.08. The van der Waals surface area contributed by atoms with Gasteiger partial charge in [0.15, 0.2) is 0 Å². The van der Waals surface area contributed by atoms with Crippen LogP contribution in [0.1, 0.15) is 7.12 Å². The second-order valence-corrected chi connectivity index (χ2v) is 1.81. The van der Waals surface area contributed by atoms with Crippen molar-refractivity contribution >= 4 is 0 Å². The molecule has 0 aliphatic carbocycles. The molecule has 0 unspecified atom stereocenters. The SMILES string of the molecule is C=CCc1ccccn1.[H-].[Na+]. The van der Waals surface area contributed by atoms with Crippen molar-refractivity contribution in [2.45, 2.75) is 6.42 Å². The van der Waals surface area contributed by atoms with E-state index in [4.69, 9.17) is 0 Å². The van der Waals surface area contributed by atoms with Gasteiger partial charge in [0.1, 0.15) is 0 Å². The van der Waals surface area contributed by atoms with Crippen LogP contribution in [0.4, 0.5) is 0 Å². The monoisotopic (exact) mass is 143 g/mol. The van der Waals surface area contributed by atoms with Crippen LogP contribution in [0.25, 0.3) is 0 Å². The number of hydrogen-bond donors (Lipinski definition) is 0. The second kappa shape index (κ2) is 5.66. The maximum Gasteiger partial charge on any atom is 1.00 e. The minimum absolute atomic E-state index is 0. The third kappa shape index (κ3) is 3.16. The Morgan fingerprint density at radius 2 is 2.40 bits per heavy atom. The summed E-state index contributed by atoms with van der Waals surface area (Å²) in [5, 5.41) is 0. The van der Waals surface area contributed by atoms with Gasteiger partial charge in [0.05, 0.1) is 0 Å². The molecule has 1 nitrogen and oxygen atoms in total. The van der Waals surface area contributed by atoms with Crippen LogP contribution in [0, 0.1) is 0 Å². The van der Waals surface area contributed by atoms with Gasteiger partial charge in [-0.25, -0.2) is 0 Å². The topological polar surface area (TPSA) is 12.9 Å². The first-order chi connectivity index (χ1) is 4.43. The van der Waals surface area contributed by atoms with E-state index in [9.17, 15) is 0 Å². The second-order valence-electron chi connectivity index (χ2n) is 1.81. The van der Waals surface area contributed by atoms with Crippen LogP contribution in [0.2, 0.25) is 0 Å². The molecule has 0 bridgehead atoms. The van der Waals surface area contributed by atoms with Crippen molar-refractivity contribution in [1.29, 1.82) is 0 Å². The zero-order valence-electron chi connectivity index (χ0n) is 7.25. The fourth-order valence-electron chi connectivity index (χ4n) is 0.667. The first-order valence-corrected chi connectivity index (χ1v) is 2.94. The average molecular weight is 143 g/mol. The molecule has 0 atom stereocenters. The summed E-state index contributed by atoms with van der Waals surface area (Å²) in [6.07, 6.45) is 4.50. The molecule has 1 heterocycles. The number of rotatable bonds is 2. The van der Waals surface area contributed by atoms with E-state index in [1.54, 1.807) is 6.20 Å². The van der Waals surface area contributed by atoms with Crippen LogP contribution in [0.5, 0.6) is 0 Å². The van der Waals surface area contributed by atoms with E-state index >= 15 is 0 Å². The molecule has 0 amide bonds. The van der Waals surface area contributed by atoms with E-state index in [1.165, 1.54) is 0 Å². The van der Waals surface area contributed by atoms with Gasteiger partial charge in [0.2, 0.25) is 0 Å². The van der Waals surface area contributed by atoms with Crippen LogP contribution >= 0.6 is 0 Å². The summed E-state index contributed by atoms with van der Waals surface area (Å²) in [7, 11) is 0. The van der Waals surface area contributed by atoms with Gasteiger partial charge in [-0.1, -0.05) is 12.1 Å². The number of pyridine rings is 1. The standard InChI is InChI=1S/C8H9N.Na.H/c1-2-5-8-6-3-4-7-9-8;;/h2-4,6-7H,1,5H2;;/q;+1;-1. The smallest absolute Gasteiger partial charge is 1.00 e. The van der Waals surface area contributed by atoms with Crippen molar-refractivity contribution in [2.24, 2.45) is 0 Å². The van der Waals surface area contributed by atoms with Crippen molar-refractivity contribution in [1.82, 2.24) is 4.98 Å². The molecule has 0 fully saturated rings. The molecule has 1 rings (SSSR count). The van der Waals surface area contributed by atoms with Gasteiger partial charge >= 0.3 is 29.6 Å². The molecule has 0 radical (unpaired) electrons. The third-order valence-electron chi connectivity index (χ3n) is 1.08. The van der Waals surface area contributed by atoms with E-state index in [0.29, 0.717) is 0 Å². The Kier molecular flexibility index (Phi) is 5.60. The zero-order chi connectivity index (χ0) is 6.53. The van der Waals surface area contributed by atoms with Gasteiger partial charge in [-0.3, -0.25) is 4.98 Å². The number of aromatic nitrogens is 1. The van der Waals surface area contributed by atoms with Gasteiger partial charge in [-0.2, -0.15) is 0 Å². The minimum atomic E-state index is 0. The summed E-state index contributed by atoms with van der Waals surface area (Å²) in [5.74, 6) is 0. The van der Waals surface area contributed by atoms with Crippen molar-refractivity contribution in [3.63, 3.8) is 0 Å². The van der Waals surface area contributed by atoms with Gasteiger partial charge < -0.3 is 1.43 Å². The molecular weight excluding hydrogens is 133 g/mol. The first kappa shape index (κ1) is 9.89. The van der Waals surface area contributed by atoms with Crippen LogP contribution < -0.4 is 29.6 Å². The fraction of sp³-hybridized carbons (Fsp3) is 0.125. The summed E-state index contributed by atoms with van der Waals surface area (Å²) >= 11 is 0. The summed E-state index contributed by atoms with van der Waals surface area (Å²) < 4.78 is 0. The van der Waals surface area contributed by atoms with Gasteiger partial charge in [0.25, 0.3) is 0 Å². The molecule has 0 spiro atoms.